The number of hydrogen-bond acceptors (Lipinski definition) is 8. The Morgan fingerprint density at radius 1 is 1.12 bits per heavy atom. The molecule has 34 heavy (non-hydrogen) atoms. The van der Waals surface area contributed by atoms with Gasteiger partial charge in [0.25, 0.3) is 11.8 Å². The van der Waals surface area contributed by atoms with Crippen LogP contribution in [0.15, 0.2) is 62.3 Å². The van der Waals surface area contributed by atoms with Crippen LogP contribution in [0.2, 0.25) is 0 Å². The van der Waals surface area contributed by atoms with Crippen molar-refractivity contribution >= 4 is 32.9 Å². The zero-order chi connectivity index (χ0) is 24.3. The molecule has 0 bridgehead atoms. The van der Waals surface area contributed by atoms with Gasteiger partial charge in [0.1, 0.15) is 0 Å². The minimum Gasteiger partial charge on any atom is -0.493 e. The van der Waals surface area contributed by atoms with Gasteiger partial charge >= 0.3 is 6.01 Å². The molecular formula is C23H24N4O6S. The van der Waals surface area contributed by atoms with Crippen LogP contribution in [0.1, 0.15) is 30.1 Å². The summed E-state index contributed by atoms with van der Waals surface area (Å²) in [6.07, 6.45) is 1.66. The number of para-hydroxylation sites is 1. The van der Waals surface area contributed by atoms with Crippen molar-refractivity contribution in [3.8, 4) is 17.4 Å². The molecule has 0 aliphatic carbocycles. The lowest BCUT2D eigenvalue weighted by Crippen LogP contribution is -2.28. The Balaban J connectivity index is 1.47. The molecule has 10 nitrogen and oxygen atoms in total. The zero-order valence-electron chi connectivity index (χ0n) is 18.9. The molecule has 0 aliphatic heterocycles. The van der Waals surface area contributed by atoms with Gasteiger partial charge in [0, 0.05) is 24.5 Å². The molecule has 0 aliphatic rings. The highest BCUT2D eigenvalue weighted by Gasteiger charge is 2.21. The van der Waals surface area contributed by atoms with Gasteiger partial charge in [-0.15, -0.1) is 5.10 Å². The number of ether oxygens (including phenoxy) is 1. The maximum Gasteiger partial charge on any atom is 0.322 e. The Morgan fingerprint density at radius 3 is 2.59 bits per heavy atom. The van der Waals surface area contributed by atoms with Gasteiger partial charge in [-0.25, -0.2) is 12.7 Å². The number of methoxy groups -OCH3 is 1. The number of aromatic nitrogens is 2. The van der Waals surface area contributed by atoms with Crippen molar-refractivity contribution in [2.45, 2.75) is 24.7 Å². The van der Waals surface area contributed by atoms with Crippen molar-refractivity contribution in [1.82, 2.24) is 14.5 Å². The van der Waals surface area contributed by atoms with Gasteiger partial charge in [0.2, 0.25) is 10.0 Å². The number of amides is 1. The minimum absolute atomic E-state index is 0.0881. The highest BCUT2D eigenvalue weighted by atomic mass is 32.2. The first-order chi connectivity index (χ1) is 16.3. The number of furan rings is 1. The fourth-order valence-electron chi connectivity index (χ4n) is 3.30. The molecule has 178 valence electrons. The fourth-order valence-corrected chi connectivity index (χ4v) is 4.51. The topological polar surface area (TPSA) is 128 Å². The molecule has 11 heteroatoms. The standard InChI is InChI=1S/C23H24N4O6S/c1-4-5-13-27(2)34(29,30)17-11-9-15(10-12-17)21(28)24-23-26-25-22(33-23)19-14-16-7-6-8-18(31-3)20(16)32-19/h6-12,14H,4-5,13H2,1-3H3,(H,24,26,28). The third-order valence-electron chi connectivity index (χ3n) is 5.24. The van der Waals surface area contributed by atoms with Gasteiger partial charge in [-0.05, 0) is 42.8 Å². The molecule has 1 N–H and O–H groups in total. The van der Waals surface area contributed by atoms with E-state index >= 15 is 0 Å². The van der Waals surface area contributed by atoms with Crippen LogP contribution in [0.5, 0.6) is 5.75 Å². The number of hydrogen-bond donors (Lipinski definition) is 1. The van der Waals surface area contributed by atoms with Crippen LogP contribution in [-0.4, -0.2) is 49.5 Å². The molecule has 0 saturated carbocycles. The van der Waals surface area contributed by atoms with E-state index in [2.05, 4.69) is 15.5 Å². The summed E-state index contributed by atoms with van der Waals surface area (Å²) in [6, 6.07) is 12.7. The predicted octanol–water partition coefficient (Wildman–Crippen LogP) is 4.16. The summed E-state index contributed by atoms with van der Waals surface area (Å²) in [5, 5.41) is 11.1. The van der Waals surface area contributed by atoms with Crippen molar-refractivity contribution in [2.24, 2.45) is 0 Å². The van der Waals surface area contributed by atoms with Crippen LogP contribution in [0.25, 0.3) is 22.6 Å². The fraction of sp³-hybridized carbons (Fsp3) is 0.261. The first-order valence-corrected chi connectivity index (χ1v) is 12.1. The Bertz CT molecular complexity index is 1410. The second kappa shape index (κ2) is 9.65. The maximum atomic E-state index is 12.6. The minimum atomic E-state index is -3.61. The molecule has 4 rings (SSSR count). The molecule has 0 fully saturated rings. The predicted molar refractivity (Wildman–Crippen MR) is 125 cm³/mol. The van der Waals surface area contributed by atoms with Gasteiger partial charge in [-0.2, -0.15) is 0 Å². The monoisotopic (exact) mass is 484 g/mol. The van der Waals surface area contributed by atoms with E-state index in [-0.39, 0.29) is 22.4 Å². The smallest absolute Gasteiger partial charge is 0.322 e. The van der Waals surface area contributed by atoms with Crippen LogP contribution in [0.3, 0.4) is 0 Å². The molecule has 2 aromatic heterocycles. The van der Waals surface area contributed by atoms with Crippen molar-refractivity contribution in [3.63, 3.8) is 0 Å². The Hall–Kier alpha value is -3.70. The van der Waals surface area contributed by atoms with E-state index in [0.29, 0.717) is 23.6 Å². The van der Waals surface area contributed by atoms with Crippen molar-refractivity contribution in [3.05, 3.63) is 54.1 Å². The van der Waals surface area contributed by atoms with E-state index in [1.807, 2.05) is 19.1 Å². The molecule has 2 aromatic carbocycles. The molecule has 0 spiro atoms. The Kier molecular flexibility index (Phi) is 6.66. The number of nitrogens with one attached hydrogen (secondary N) is 1. The van der Waals surface area contributed by atoms with E-state index in [1.165, 1.54) is 35.6 Å². The first kappa shape index (κ1) is 23.5. The number of benzene rings is 2. The number of rotatable bonds is 9. The largest absolute Gasteiger partial charge is 0.493 e. The van der Waals surface area contributed by atoms with Crippen LogP contribution in [0, 0.1) is 0 Å². The molecular weight excluding hydrogens is 460 g/mol. The molecule has 0 atom stereocenters. The molecule has 0 unspecified atom stereocenters. The third-order valence-corrected chi connectivity index (χ3v) is 7.11. The quantitative estimate of drug-likeness (QED) is 0.375. The average Bonchev–Trinajstić information content (AvgIpc) is 3.49. The third kappa shape index (κ3) is 4.66. The van der Waals surface area contributed by atoms with Crippen LogP contribution in [0.4, 0.5) is 6.01 Å². The number of carbonyl (C=O) groups is 1. The summed E-state index contributed by atoms with van der Waals surface area (Å²) in [5.74, 6) is 0.461. The summed E-state index contributed by atoms with van der Waals surface area (Å²) in [4.78, 5) is 12.7. The van der Waals surface area contributed by atoms with Crippen LogP contribution >= 0.6 is 0 Å². The second-order valence-corrected chi connectivity index (χ2v) is 9.61. The van der Waals surface area contributed by atoms with E-state index in [0.717, 1.165) is 18.2 Å². The molecule has 0 saturated heterocycles. The Morgan fingerprint density at radius 2 is 1.88 bits per heavy atom. The van der Waals surface area contributed by atoms with Crippen LogP contribution < -0.4 is 10.1 Å². The van der Waals surface area contributed by atoms with Gasteiger partial charge < -0.3 is 13.6 Å². The van der Waals surface area contributed by atoms with Gasteiger partial charge in [-0.1, -0.05) is 30.6 Å². The van der Waals surface area contributed by atoms with Crippen LogP contribution in [-0.2, 0) is 10.0 Å². The number of unbranched alkanes of at least 4 members (excludes halogenated alkanes) is 1. The number of sulfonamides is 1. The molecule has 1 amide bonds. The number of carbonyl (C=O) groups excluding carboxylic acids is 1. The van der Waals surface area contributed by atoms with E-state index in [1.54, 1.807) is 19.2 Å². The van der Waals surface area contributed by atoms with Crippen molar-refractivity contribution in [1.29, 1.82) is 0 Å². The summed E-state index contributed by atoms with van der Waals surface area (Å²) >= 11 is 0. The highest BCUT2D eigenvalue weighted by Crippen LogP contribution is 2.33. The number of fused-ring (bicyclic) bond motifs is 1. The van der Waals surface area contributed by atoms with Gasteiger partial charge in [0.05, 0.1) is 12.0 Å². The zero-order valence-corrected chi connectivity index (χ0v) is 19.8. The number of nitrogens with zero attached hydrogens (tertiary/aromatic N) is 3. The summed E-state index contributed by atoms with van der Waals surface area (Å²) in [7, 11) is -0.531. The summed E-state index contributed by atoms with van der Waals surface area (Å²) < 4.78 is 43.1. The first-order valence-electron chi connectivity index (χ1n) is 10.6. The Labute approximate surface area is 196 Å². The van der Waals surface area contributed by atoms with Crippen molar-refractivity contribution < 1.29 is 26.8 Å². The SMILES string of the molecule is CCCCN(C)S(=O)(=O)c1ccc(C(=O)Nc2nnc(-c3cc4cccc(OC)c4o3)o2)cc1. The van der Waals surface area contributed by atoms with E-state index in [9.17, 15) is 13.2 Å². The molecule has 4 aromatic rings. The summed E-state index contributed by atoms with van der Waals surface area (Å²) in [6.45, 7) is 2.42. The number of anilines is 1. The lowest BCUT2D eigenvalue weighted by molar-refractivity contribution is 0.102. The van der Waals surface area contributed by atoms with Gasteiger partial charge in [-0.3, -0.25) is 10.1 Å². The van der Waals surface area contributed by atoms with Gasteiger partial charge in [0.15, 0.2) is 17.1 Å². The normalized spacial score (nSPS) is 11.8. The molecule has 2 heterocycles. The van der Waals surface area contributed by atoms with E-state index in [4.69, 9.17) is 13.6 Å². The van der Waals surface area contributed by atoms with Crippen molar-refractivity contribution in [2.75, 3.05) is 26.0 Å². The average molecular weight is 485 g/mol. The second-order valence-electron chi connectivity index (χ2n) is 7.56. The van der Waals surface area contributed by atoms with E-state index < -0.39 is 15.9 Å². The highest BCUT2D eigenvalue weighted by molar-refractivity contribution is 7.89. The lowest BCUT2D eigenvalue weighted by atomic mass is 10.2. The molecule has 0 radical (unpaired) electrons. The lowest BCUT2D eigenvalue weighted by Gasteiger charge is -2.16. The summed E-state index contributed by atoms with van der Waals surface area (Å²) in [5.41, 5.74) is 0.780. The maximum absolute atomic E-state index is 12.6.